The third-order valence-electron chi connectivity index (χ3n) is 5.72. The summed E-state index contributed by atoms with van der Waals surface area (Å²) in [6.45, 7) is 0.479. The van der Waals surface area contributed by atoms with Crippen LogP contribution in [0.5, 0.6) is 11.5 Å². The molecule has 0 saturated carbocycles. The normalized spacial score (nSPS) is 15.7. The Morgan fingerprint density at radius 1 is 1.15 bits per heavy atom. The summed E-state index contributed by atoms with van der Waals surface area (Å²) in [5, 5.41) is 18.5. The van der Waals surface area contributed by atoms with Gasteiger partial charge in [0.15, 0.2) is 14.6 Å². The molecule has 1 aliphatic rings. The van der Waals surface area contributed by atoms with Crippen molar-refractivity contribution in [2.75, 3.05) is 26.9 Å². The highest BCUT2D eigenvalue weighted by Gasteiger charge is 2.52. The molecule has 0 aliphatic carbocycles. The summed E-state index contributed by atoms with van der Waals surface area (Å²) in [6.07, 6.45) is 2.13. The van der Waals surface area contributed by atoms with Crippen molar-refractivity contribution in [1.29, 1.82) is 5.26 Å². The number of nitrogens with zero attached hydrogens (tertiary/aromatic N) is 1. The van der Waals surface area contributed by atoms with Crippen LogP contribution < -0.4 is 15.0 Å². The number of nitrogens with one attached hydrogen (secondary N) is 1. The van der Waals surface area contributed by atoms with Crippen molar-refractivity contribution in [3.63, 3.8) is 0 Å². The fourth-order valence-electron chi connectivity index (χ4n) is 3.74. The first kappa shape index (κ1) is 25.2. The number of benzene rings is 2. The Bertz CT molecular complexity index is 1160. The largest absolute Gasteiger partial charge is 0.497 e. The molecule has 2 aromatic carbocycles. The van der Waals surface area contributed by atoms with E-state index in [0.29, 0.717) is 23.5 Å². The Kier molecular flexibility index (Phi) is 8.28. The monoisotopic (exact) mass is 486 g/mol. The molecule has 2 N–H and O–H groups in total. The van der Waals surface area contributed by atoms with E-state index in [0.717, 1.165) is 5.56 Å². The smallest absolute Gasteiger partial charge is 0.265 e. The molecule has 9 nitrogen and oxygen atoms in total. The van der Waals surface area contributed by atoms with Gasteiger partial charge < -0.3 is 14.2 Å². The van der Waals surface area contributed by atoms with Crippen LogP contribution in [0.3, 0.4) is 0 Å². The molecule has 3 rings (SSSR count). The van der Waals surface area contributed by atoms with Crippen LogP contribution in [0.25, 0.3) is 5.57 Å². The highest BCUT2D eigenvalue weighted by Crippen LogP contribution is 2.35. The van der Waals surface area contributed by atoms with Crippen molar-refractivity contribution >= 4 is 21.3 Å². The maximum absolute atomic E-state index is 13.2. The van der Waals surface area contributed by atoms with Gasteiger partial charge in [0.25, 0.3) is 5.91 Å². The van der Waals surface area contributed by atoms with Gasteiger partial charge in [0, 0.05) is 19.6 Å². The molecule has 1 amide bonds. The number of ether oxygens (including phenoxy) is 3. The fourth-order valence-corrected chi connectivity index (χ4v) is 5.68. The van der Waals surface area contributed by atoms with Crippen molar-refractivity contribution < 1.29 is 32.6 Å². The van der Waals surface area contributed by atoms with Crippen LogP contribution in [0.4, 0.5) is 0 Å². The molecule has 1 heterocycles. The molecule has 2 aromatic rings. The molecule has 0 unspecified atom stereocenters. The van der Waals surface area contributed by atoms with E-state index in [1.54, 1.807) is 37.5 Å². The maximum Gasteiger partial charge on any atom is 0.265 e. The maximum atomic E-state index is 13.2. The minimum absolute atomic E-state index is 0.0449. The number of methoxy groups -OCH3 is 1. The lowest BCUT2D eigenvalue weighted by molar-refractivity contribution is -0.134. The summed E-state index contributed by atoms with van der Waals surface area (Å²) >= 11 is 0. The van der Waals surface area contributed by atoms with Crippen molar-refractivity contribution in [1.82, 2.24) is 5.48 Å². The predicted molar refractivity (Wildman–Crippen MR) is 123 cm³/mol. The van der Waals surface area contributed by atoms with E-state index in [4.69, 9.17) is 19.4 Å². The molecule has 0 bridgehead atoms. The van der Waals surface area contributed by atoms with Crippen molar-refractivity contribution in [2.45, 2.75) is 28.9 Å². The average molecular weight is 487 g/mol. The van der Waals surface area contributed by atoms with Crippen LogP contribution in [0.1, 0.15) is 24.8 Å². The standard InChI is InChI=1S/C24H26N2O7S/c1-31-20-6-4-18(5-7-20)19(17-25)3-2-14-33-21-8-10-22(11-9-21)34(29,30)24(23(27)26-28)12-15-32-16-13-24/h3-11,28H,2,12-16H2,1H3,(H,26,27). The first-order valence-corrected chi connectivity index (χ1v) is 12.1. The van der Waals surface area contributed by atoms with Gasteiger partial charge in [-0.2, -0.15) is 5.26 Å². The van der Waals surface area contributed by atoms with Gasteiger partial charge in [0.05, 0.1) is 30.3 Å². The number of sulfone groups is 1. The zero-order valence-corrected chi connectivity index (χ0v) is 19.5. The minimum atomic E-state index is -4.09. The molecule has 10 heteroatoms. The van der Waals surface area contributed by atoms with E-state index >= 15 is 0 Å². The van der Waals surface area contributed by atoms with Gasteiger partial charge in [0.2, 0.25) is 0 Å². The Labute approximate surface area is 198 Å². The molecular formula is C24H26N2O7S. The van der Waals surface area contributed by atoms with Crippen molar-refractivity contribution in [3.05, 3.63) is 60.2 Å². The topological polar surface area (TPSA) is 135 Å². The van der Waals surface area contributed by atoms with E-state index in [2.05, 4.69) is 6.07 Å². The zero-order chi connectivity index (χ0) is 24.6. The summed E-state index contributed by atoms with van der Waals surface area (Å²) in [5.41, 5.74) is 2.78. The highest BCUT2D eigenvalue weighted by atomic mass is 32.2. The number of hydrogen-bond donors (Lipinski definition) is 2. The molecule has 0 aromatic heterocycles. The molecule has 0 spiro atoms. The number of rotatable bonds is 9. The Balaban J connectivity index is 1.65. The van der Waals surface area contributed by atoms with Gasteiger partial charge in [-0.05, 0) is 66.9 Å². The number of carbonyl (C=O) groups excluding carboxylic acids is 1. The Morgan fingerprint density at radius 3 is 2.32 bits per heavy atom. The van der Waals surface area contributed by atoms with Crippen LogP contribution in [-0.4, -0.2) is 51.2 Å². The van der Waals surface area contributed by atoms with Crippen molar-refractivity contribution in [2.24, 2.45) is 0 Å². The second-order valence-corrected chi connectivity index (χ2v) is 9.88. The predicted octanol–water partition coefficient (Wildman–Crippen LogP) is 2.90. The first-order chi connectivity index (χ1) is 16.4. The fraction of sp³-hybridized carbons (Fsp3) is 0.333. The van der Waals surface area contributed by atoms with Gasteiger partial charge in [0.1, 0.15) is 11.5 Å². The van der Waals surface area contributed by atoms with E-state index < -0.39 is 20.5 Å². The summed E-state index contributed by atoms with van der Waals surface area (Å²) in [7, 11) is -2.52. The third kappa shape index (κ3) is 5.22. The summed E-state index contributed by atoms with van der Waals surface area (Å²) in [6, 6.07) is 15.1. The van der Waals surface area contributed by atoms with Crippen LogP contribution in [-0.2, 0) is 19.4 Å². The Hall–Kier alpha value is -3.39. The van der Waals surface area contributed by atoms with Crippen LogP contribution in [0.2, 0.25) is 0 Å². The molecule has 1 saturated heterocycles. The van der Waals surface area contributed by atoms with E-state index in [1.807, 2.05) is 0 Å². The number of hydroxylamine groups is 1. The lowest BCUT2D eigenvalue weighted by Crippen LogP contribution is -2.54. The second-order valence-electron chi connectivity index (χ2n) is 7.62. The van der Waals surface area contributed by atoms with Gasteiger partial charge in [-0.15, -0.1) is 0 Å². The van der Waals surface area contributed by atoms with Crippen LogP contribution >= 0.6 is 0 Å². The van der Waals surface area contributed by atoms with Gasteiger partial charge in [-0.25, -0.2) is 13.9 Å². The lowest BCUT2D eigenvalue weighted by atomic mass is 9.98. The van der Waals surface area contributed by atoms with Crippen molar-refractivity contribution in [3.8, 4) is 17.6 Å². The minimum Gasteiger partial charge on any atom is -0.497 e. The molecule has 180 valence electrons. The zero-order valence-electron chi connectivity index (χ0n) is 18.7. The quantitative estimate of drug-likeness (QED) is 0.239. The number of hydrogen-bond acceptors (Lipinski definition) is 8. The van der Waals surface area contributed by atoms with Gasteiger partial charge >= 0.3 is 0 Å². The van der Waals surface area contributed by atoms with Gasteiger partial charge in [-0.1, -0.05) is 6.08 Å². The number of nitriles is 1. The van der Waals surface area contributed by atoms with Gasteiger partial charge in [-0.3, -0.25) is 10.0 Å². The highest BCUT2D eigenvalue weighted by molar-refractivity contribution is 7.93. The van der Waals surface area contributed by atoms with E-state index in [1.165, 1.54) is 29.7 Å². The Morgan fingerprint density at radius 2 is 1.76 bits per heavy atom. The van der Waals surface area contributed by atoms with Crippen LogP contribution in [0.15, 0.2) is 59.5 Å². The second kappa shape index (κ2) is 11.2. The average Bonchev–Trinajstić information content (AvgIpc) is 2.89. The summed E-state index contributed by atoms with van der Waals surface area (Å²) in [5.74, 6) is 0.186. The molecule has 0 radical (unpaired) electrons. The van der Waals surface area contributed by atoms with Crippen LogP contribution in [0, 0.1) is 11.3 Å². The molecular weight excluding hydrogens is 460 g/mol. The third-order valence-corrected chi connectivity index (χ3v) is 8.24. The summed E-state index contributed by atoms with van der Waals surface area (Å²) < 4.78 is 40.7. The lowest BCUT2D eigenvalue weighted by Gasteiger charge is -2.34. The molecule has 0 atom stereocenters. The molecule has 1 fully saturated rings. The number of allylic oxidation sites excluding steroid dienone is 1. The first-order valence-electron chi connectivity index (χ1n) is 10.6. The van der Waals surface area contributed by atoms with E-state index in [9.17, 15) is 18.5 Å². The van der Waals surface area contributed by atoms with E-state index in [-0.39, 0.29) is 37.6 Å². The molecule has 34 heavy (non-hydrogen) atoms. The SMILES string of the molecule is COc1ccc(C(C#N)=CCCOc2ccc(S(=O)(=O)C3(C(=O)NO)CCOCC3)cc2)cc1. The number of carbonyl (C=O) groups is 1. The number of amides is 1. The summed E-state index contributed by atoms with van der Waals surface area (Å²) in [4.78, 5) is 12.3. The molecule has 1 aliphatic heterocycles.